The van der Waals surface area contributed by atoms with Gasteiger partial charge in [-0.05, 0) is 35.7 Å². The Kier molecular flexibility index (Phi) is 14.3. The molecule has 0 spiro atoms. The lowest BCUT2D eigenvalue weighted by Gasteiger charge is -2.12. The molecule has 0 aliphatic heterocycles. The van der Waals surface area contributed by atoms with Gasteiger partial charge in [0.2, 0.25) is 5.91 Å². The Labute approximate surface area is 309 Å². The molecule has 4 rings (SSSR count). The molecule has 0 fully saturated rings. The van der Waals surface area contributed by atoms with Crippen LogP contribution >= 0.6 is 0 Å². The number of nitro groups is 1. The molecule has 24 nitrogen and oxygen atoms in total. The number of amides is 1. The number of fused-ring (bicyclic) bond motifs is 1. The number of azo groups is 2. The van der Waals surface area contributed by atoms with Crippen molar-refractivity contribution in [2.24, 2.45) is 20.5 Å². The van der Waals surface area contributed by atoms with Crippen molar-refractivity contribution in [3.05, 3.63) is 58.6 Å². The summed E-state index contributed by atoms with van der Waals surface area (Å²) in [5.41, 5.74) is -2.81. The van der Waals surface area contributed by atoms with Crippen LogP contribution in [0.5, 0.6) is 23.0 Å². The van der Waals surface area contributed by atoms with E-state index in [1.54, 1.807) is 0 Å². The summed E-state index contributed by atoms with van der Waals surface area (Å²) in [5, 5.41) is 68.9. The van der Waals surface area contributed by atoms with E-state index in [4.69, 9.17) is 27.2 Å². The average molecular weight is 831 g/mol. The van der Waals surface area contributed by atoms with Gasteiger partial charge in [-0.15, -0.1) is 33.1 Å². The number of hydrogen-bond donors (Lipinski definition) is 7. The molecule has 0 saturated heterocycles. The van der Waals surface area contributed by atoms with E-state index >= 15 is 0 Å². The number of phenolic OH excluding ortho intramolecular Hbond substituents is 2. The summed E-state index contributed by atoms with van der Waals surface area (Å²) in [5.74, 6) is -3.25. The lowest BCUT2D eigenvalue weighted by atomic mass is 10.1. The van der Waals surface area contributed by atoms with E-state index < -0.39 is 110 Å². The Hall–Kier alpha value is -6.23. The lowest BCUT2D eigenvalue weighted by molar-refractivity contribution is -0.385. The first-order chi connectivity index (χ1) is 25.7. The molecule has 0 aliphatic rings. The number of carbonyl (C=O) groups is 1. The van der Waals surface area contributed by atoms with Crippen LogP contribution in [0.25, 0.3) is 10.8 Å². The van der Waals surface area contributed by atoms with Gasteiger partial charge in [-0.25, -0.2) is 0 Å². The fourth-order valence-corrected chi connectivity index (χ4v) is 5.69. The predicted molar refractivity (Wildman–Crippen MR) is 184 cm³/mol. The predicted octanol–water partition coefficient (Wildman–Crippen LogP) is 3.18. The fraction of sp³-hybridized carbons (Fsp3) is 0.179. The second kappa shape index (κ2) is 18.2. The molecule has 0 aromatic heterocycles. The lowest BCUT2D eigenvalue weighted by Crippen LogP contribution is -2.07. The van der Waals surface area contributed by atoms with Gasteiger partial charge in [0.25, 0.3) is 20.2 Å². The maximum absolute atomic E-state index is 12.4. The Bertz CT molecular complexity index is 2540. The van der Waals surface area contributed by atoms with Gasteiger partial charge < -0.3 is 35.2 Å². The van der Waals surface area contributed by atoms with Crippen molar-refractivity contribution in [2.75, 3.05) is 31.7 Å². The minimum atomic E-state index is -5.16. The van der Waals surface area contributed by atoms with E-state index in [0.717, 1.165) is 49.4 Å². The zero-order valence-corrected chi connectivity index (χ0v) is 29.9. The molecule has 1 amide bonds. The summed E-state index contributed by atoms with van der Waals surface area (Å²) < 4.78 is 104. The van der Waals surface area contributed by atoms with Crippen molar-refractivity contribution in [2.45, 2.75) is 16.7 Å². The van der Waals surface area contributed by atoms with Crippen LogP contribution in [-0.4, -0.2) is 96.3 Å². The van der Waals surface area contributed by atoms with E-state index in [1.165, 1.54) is 6.07 Å². The van der Waals surface area contributed by atoms with E-state index in [-0.39, 0.29) is 35.7 Å². The number of aliphatic hydroxyl groups is 2. The van der Waals surface area contributed by atoms with Crippen LogP contribution in [0.15, 0.2) is 78.8 Å². The number of carbonyl (C=O) groups excluding carboxylic acids is 1. The topological polar surface area (TPSA) is 381 Å². The average Bonchev–Trinajstić information content (AvgIpc) is 3.08. The van der Waals surface area contributed by atoms with E-state index in [2.05, 4.69) is 25.8 Å². The largest absolute Gasteiger partial charge is 0.505 e. The summed E-state index contributed by atoms with van der Waals surface area (Å²) in [4.78, 5) is 20.4. The molecule has 0 saturated carbocycles. The SMILES string of the molecule is CC(=O)Nc1ccc(N=Nc2ccc3cc(S(=O)(=O)O)c(N=Nc4cc(OCCO)c([N+](=O)[O-])cc4OCCO)c(O)c3c2O)c(S(=O)(=O)O)c1.O=S(=O)=O. The van der Waals surface area contributed by atoms with Crippen molar-refractivity contribution >= 4 is 81.6 Å². The van der Waals surface area contributed by atoms with Gasteiger partial charge in [0.15, 0.2) is 23.0 Å². The number of rotatable bonds is 14. The van der Waals surface area contributed by atoms with Gasteiger partial charge in [0.05, 0.1) is 29.6 Å². The minimum absolute atomic E-state index is 0.00130. The van der Waals surface area contributed by atoms with Gasteiger partial charge >= 0.3 is 16.3 Å². The number of hydrogen-bond acceptors (Lipinski definition) is 20. The summed E-state index contributed by atoms with van der Waals surface area (Å²) in [7, 11) is -13.2. The zero-order valence-electron chi connectivity index (χ0n) is 27.5. The van der Waals surface area contributed by atoms with Gasteiger partial charge in [0.1, 0.15) is 45.8 Å². The number of nitrogens with zero attached hydrogens (tertiary/aromatic N) is 5. The molecule has 0 unspecified atom stereocenters. The highest BCUT2D eigenvalue weighted by molar-refractivity contribution is 7.86. The first-order valence-electron chi connectivity index (χ1n) is 14.5. The molecule has 4 aromatic carbocycles. The van der Waals surface area contributed by atoms with Crippen molar-refractivity contribution < 1.29 is 78.2 Å². The van der Waals surface area contributed by atoms with Crippen molar-refractivity contribution in [1.29, 1.82) is 0 Å². The number of benzene rings is 4. The first kappa shape index (κ1) is 43.2. The fourth-order valence-electron chi connectivity index (χ4n) is 4.38. The van der Waals surface area contributed by atoms with Crippen LogP contribution < -0.4 is 14.8 Å². The first-order valence-corrected chi connectivity index (χ1v) is 18.4. The van der Waals surface area contributed by atoms with E-state index in [1.807, 2.05) is 0 Å². The molecule has 0 radical (unpaired) electrons. The second-order valence-electron chi connectivity index (χ2n) is 10.2. The Morgan fingerprint density at radius 3 is 1.87 bits per heavy atom. The number of ether oxygens (including phenoxy) is 2. The number of aliphatic hydroxyl groups excluding tert-OH is 2. The van der Waals surface area contributed by atoms with E-state index in [9.17, 15) is 56.2 Å². The van der Waals surface area contributed by atoms with Gasteiger partial charge in [-0.3, -0.25) is 24.0 Å². The quantitative estimate of drug-likeness (QED) is 0.0415. The molecule has 55 heavy (non-hydrogen) atoms. The Morgan fingerprint density at radius 1 is 0.782 bits per heavy atom. The molecule has 7 N–H and O–H groups in total. The molecule has 0 atom stereocenters. The number of anilines is 1. The summed E-state index contributed by atoms with van der Waals surface area (Å²) in [6.45, 7) is -0.673. The normalized spacial score (nSPS) is 11.7. The summed E-state index contributed by atoms with van der Waals surface area (Å²) in [6, 6.07) is 8.07. The van der Waals surface area contributed by atoms with Crippen LogP contribution in [-0.2, 0) is 35.6 Å². The van der Waals surface area contributed by atoms with Crippen molar-refractivity contribution in [1.82, 2.24) is 0 Å². The third-order valence-electron chi connectivity index (χ3n) is 6.46. The monoisotopic (exact) mass is 830 g/mol. The third-order valence-corrected chi connectivity index (χ3v) is 8.21. The van der Waals surface area contributed by atoms with Gasteiger partial charge in [0, 0.05) is 18.7 Å². The van der Waals surface area contributed by atoms with E-state index in [0.29, 0.717) is 0 Å². The maximum Gasteiger partial charge on any atom is 0.425 e. The molecule has 0 heterocycles. The van der Waals surface area contributed by atoms with Crippen molar-refractivity contribution in [3.8, 4) is 23.0 Å². The summed E-state index contributed by atoms with van der Waals surface area (Å²) >= 11 is 0. The Balaban J connectivity index is 0.00000193. The Morgan fingerprint density at radius 2 is 1.33 bits per heavy atom. The standard InChI is InChI=1S/C28H26N6O15S2.O3S/c1-14(37)29-16-3-5-17(23(11-16)50(42,43)44)30-31-18-4-2-15-10-24(51(45,46)47)26(28(39)25(15)27(18)38)33-32-19-12-22(49-9-7-36)20(34(40)41)13-21(19)48-8-6-35;1-4(2)3/h2-5,10-13,35-36,38-39H,6-9H2,1H3,(H,29,37)(H,42,43,44)(H,45,46,47);. The molecule has 0 bridgehead atoms. The highest BCUT2D eigenvalue weighted by Crippen LogP contribution is 2.48. The van der Waals surface area contributed by atoms with Crippen LogP contribution in [0.1, 0.15) is 6.92 Å². The smallest absolute Gasteiger partial charge is 0.425 e. The van der Waals surface area contributed by atoms with Crippen LogP contribution in [0.2, 0.25) is 0 Å². The number of nitro benzene ring substituents is 1. The highest BCUT2D eigenvalue weighted by Gasteiger charge is 2.26. The van der Waals surface area contributed by atoms with Gasteiger partial charge in [-0.2, -0.15) is 16.8 Å². The summed E-state index contributed by atoms with van der Waals surface area (Å²) in [6.07, 6.45) is 0. The zero-order chi connectivity index (χ0) is 41.2. The number of aromatic hydroxyl groups is 2. The molecular formula is C28H26N6O18S3. The minimum Gasteiger partial charge on any atom is -0.505 e. The molecule has 4 aromatic rings. The molecular weight excluding hydrogens is 805 g/mol. The number of phenols is 2. The molecule has 27 heteroatoms. The van der Waals surface area contributed by atoms with Crippen LogP contribution in [0.4, 0.5) is 34.1 Å². The molecule has 294 valence electrons. The van der Waals surface area contributed by atoms with Crippen LogP contribution in [0, 0.1) is 10.1 Å². The number of nitrogens with one attached hydrogen (secondary N) is 1. The van der Waals surface area contributed by atoms with Gasteiger partial charge in [-0.1, -0.05) is 6.07 Å². The van der Waals surface area contributed by atoms with Crippen molar-refractivity contribution in [3.63, 3.8) is 0 Å². The second-order valence-corrected chi connectivity index (χ2v) is 13.4. The van der Waals surface area contributed by atoms with Crippen LogP contribution in [0.3, 0.4) is 0 Å². The molecule has 0 aliphatic carbocycles. The highest BCUT2D eigenvalue weighted by atomic mass is 32.2. The third kappa shape index (κ3) is 11.4. The maximum atomic E-state index is 12.4.